The Bertz CT molecular complexity index is 503. The van der Waals surface area contributed by atoms with Crippen LogP contribution in [0.3, 0.4) is 0 Å². The van der Waals surface area contributed by atoms with E-state index in [4.69, 9.17) is 4.52 Å². The van der Waals surface area contributed by atoms with Crippen LogP contribution in [-0.2, 0) is 6.42 Å². The Morgan fingerprint density at radius 2 is 2.17 bits per heavy atom. The molecule has 2 rings (SSSR count). The molecule has 2 N–H and O–H groups in total. The molecular formula is C16H28N4O3. The van der Waals surface area contributed by atoms with Crippen molar-refractivity contribution in [3.05, 3.63) is 11.7 Å². The molecule has 0 spiro atoms. The Balaban J connectivity index is 1.70. The molecule has 1 aliphatic carbocycles. The normalized spacial score (nSPS) is 21.4. The predicted molar refractivity (Wildman–Crippen MR) is 86.1 cm³/mol. The summed E-state index contributed by atoms with van der Waals surface area (Å²) in [6, 6.07) is -0.133. The molecule has 0 bridgehead atoms. The minimum atomic E-state index is -0.285. The number of nitrogens with zero attached hydrogens (tertiary/aromatic N) is 3. The van der Waals surface area contributed by atoms with Crippen LogP contribution in [0, 0.1) is 5.92 Å². The smallest absolute Gasteiger partial charge is 0.317 e. The van der Waals surface area contributed by atoms with Gasteiger partial charge in [-0.25, -0.2) is 4.79 Å². The summed E-state index contributed by atoms with van der Waals surface area (Å²) in [4.78, 5) is 18.0. The predicted octanol–water partition coefficient (Wildman–Crippen LogP) is 1.93. The summed E-state index contributed by atoms with van der Waals surface area (Å²) >= 11 is 0. The van der Waals surface area contributed by atoms with Crippen LogP contribution in [0.15, 0.2) is 4.52 Å². The lowest BCUT2D eigenvalue weighted by atomic mass is 9.86. The third-order valence-electron chi connectivity index (χ3n) is 4.34. The van der Waals surface area contributed by atoms with Crippen LogP contribution in [0.1, 0.15) is 57.2 Å². The van der Waals surface area contributed by atoms with Crippen LogP contribution in [0.5, 0.6) is 0 Å². The minimum Gasteiger partial charge on any atom is -0.393 e. The first-order valence-electron chi connectivity index (χ1n) is 8.47. The van der Waals surface area contributed by atoms with Crippen molar-refractivity contribution in [1.29, 1.82) is 0 Å². The van der Waals surface area contributed by atoms with Crippen molar-refractivity contribution >= 4 is 6.03 Å². The summed E-state index contributed by atoms with van der Waals surface area (Å²) in [6.45, 7) is 5.05. The molecule has 0 unspecified atom stereocenters. The van der Waals surface area contributed by atoms with E-state index in [1.807, 2.05) is 13.8 Å². The first-order chi connectivity index (χ1) is 11.0. The fourth-order valence-electron chi connectivity index (χ4n) is 2.85. The molecule has 1 heterocycles. The van der Waals surface area contributed by atoms with Crippen molar-refractivity contribution in [3.8, 4) is 0 Å². The van der Waals surface area contributed by atoms with E-state index < -0.39 is 0 Å². The molecule has 1 fully saturated rings. The van der Waals surface area contributed by atoms with Crippen LogP contribution >= 0.6 is 0 Å². The maximum atomic E-state index is 12.1. The van der Waals surface area contributed by atoms with Gasteiger partial charge in [0.05, 0.1) is 6.10 Å². The molecule has 7 heteroatoms. The molecule has 0 aliphatic heterocycles. The maximum Gasteiger partial charge on any atom is 0.317 e. The van der Waals surface area contributed by atoms with E-state index in [2.05, 4.69) is 15.5 Å². The number of aliphatic hydroxyl groups excluding tert-OH is 1. The second kappa shape index (κ2) is 8.29. The summed E-state index contributed by atoms with van der Waals surface area (Å²) in [5.74, 6) is 1.65. The molecule has 0 saturated heterocycles. The van der Waals surface area contributed by atoms with Crippen LogP contribution in [0.2, 0.25) is 0 Å². The molecule has 0 aromatic carbocycles. The largest absolute Gasteiger partial charge is 0.393 e. The van der Waals surface area contributed by atoms with E-state index in [9.17, 15) is 9.90 Å². The highest BCUT2D eigenvalue weighted by Gasteiger charge is 2.25. The Morgan fingerprint density at radius 3 is 2.83 bits per heavy atom. The molecule has 1 aliphatic rings. The first kappa shape index (κ1) is 17.7. The van der Waals surface area contributed by atoms with Crippen molar-refractivity contribution in [3.63, 3.8) is 0 Å². The molecule has 1 saturated carbocycles. The van der Waals surface area contributed by atoms with Gasteiger partial charge in [0.15, 0.2) is 5.82 Å². The topological polar surface area (TPSA) is 91.5 Å². The number of aromatic nitrogens is 2. The fourth-order valence-corrected chi connectivity index (χ4v) is 2.85. The fraction of sp³-hybridized carbons (Fsp3) is 0.812. The van der Waals surface area contributed by atoms with Gasteiger partial charge in [-0.1, -0.05) is 31.8 Å². The van der Waals surface area contributed by atoms with Crippen molar-refractivity contribution in [2.75, 3.05) is 20.1 Å². The molecule has 2 atom stereocenters. The van der Waals surface area contributed by atoms with Gasteiger partial charge in [0.2, 0.25) is 5.89 Å². The lowest BCUT2D eigenvalue weighted by Gasteiger charge is -2.31. The maximum absolute atomic E-state index is 12.1. The molecule has 0 radical (unpaired) electrons. The number of nitrogens with one attached hydrogen (secondary N) is 1. The standard InChI is InChI=1S/C16H28N4O3/c1-11(2)15-18-14(23-19-15)8-9-17-16(22)20(3)10-12-6-4-5-7-13(12)21/h11-13,21H,4-10H2,1-3H3,(H,17,22)/t12-,13-/m0/s1. The summed E-state index contributed by atoms with van der Waals surface area (Å²) in [7, 11) is 1.76. The average Bonchev–Trinajstić information content (AvgIpc) is 2.98. The van der Waals surface area contributed by atoms with Gasteiger partial charge in [0.1, 0.15) is 0 Å². The zero-order chi connectivity index (χ0) is 16.8. The van der Waals surface area contributed by atoms with Crippen LogP contribution < -0.4 is 5.32 Å². The molecule has 23 heavy (non-hydrogen) atoms. The van der Waals surface area contributed by atoms with Crippen molar-refractivity contribution in [1.82, 2.24) is 20.4 Å². The SMILES string of the molecule is CC(C)c1noc(CCNC(=O)N(C)C[C@@H]2CCCC[C@@H]2O)n1. The highest BCUT2D eigenvalue weighted by molar-refractivity contribution is 5.73. The van der Waals surface area contributed by atoms with Crippen LogP contribution in [-0.4, -0.2) is 52.4 Å². The number of rotatable bonds is 6. The number of hydrogen-bond donors (Lipinski definition) is 2. The third-order valence-corrected chi connectivity index (χ3v) is 4.34. The molecule has 130 valence electrons. The van der Waals surface area contributed by atoms with Gasteiger partial charge < -0.3 is 19.8 Å². The second-order valence-electron chi connectivity index (χ2n) is 6.68. The summed E-state index contributed by atoms with van der Waals surface area (Å²) in [5.41, 5.74) is 0. The van der Waals surface area contributed by atoms with Crippen molar-refractivity contribution in [2.45, 2.75) is 58.0 Å². The summed E-state index contributed by atoms with van der Waals surface area (Å²) in [5, 5.41) is 16.7. The van der Waals surface area contributed by atoms with E-state index in [1.165, 1.54) is 0 Å². The van der Waals surface area contributed by atoms with E-state index >= 15 is 0 Å². The van der Waals surface area contributed by atoms with E-state index in [-0.39, 0.29) is 24.0 Å². The highest BCUT2D eigenvalue weighted by atomic mass is 16.5. The number of carbonyl (C=O) groups is 1. The zero-order valence-corrected chi connectivity index (χ0v) is 14.3. The number of aliphatic hydroxyl groups is 1. The summed E-state index contributed by atoms with van der Waals surface area (Å²) < 4.78 is 5.14. The van der Waals surface area contributed by atoms with Gasteiger partial charge in [0, 0.05) is 38.4 Å². The summed E-state index contributed by atoms with van der Waals surface area (Å²) in [6.07, 6.45) is 4.27. The Hall–Kier alpha value is -1.63. The molecule has 7 nitrogen and oxygen atoms in total. The number of carbonyl (C=O) groups excluding carboxylic acids is 1. The molecule has 1 aromatic rings. The van der Waals surface area contributed by atoms with E-state index in [0.29, 0.717) is 31.2 Å². The quantitative estimate of drug-likeness (QED) is 0.834. The Kier molecular flexibility index (Phi) is 6.38. The molecule has 2 amide bonds. The van der Waals surface area contributed by atoms with Gasteiger partial charge in [-0.15, -0.1) is 0 Å². The second-order valence-corrected chi connectivity index (χ2v) is 6.68. The van der Waals surface area contributed by atoms with Crippen molar-refractivity contribution in [2.24, 2.45) is 5.92 Å². The third kappa shape index (κ3) is 5.20. The van der Waals surface area contributed by atoms with E-state index in [1.54, 1.807) is 11.9 Å². The number of amides is 2. The number of urea groups is 1. The monoisotopic (exact) mass is 324 g/mol. The Labute approximate surface area is 137 Å². The van der Waals surface area contributed by atoms with Gasteiger partial charge >= 0.3 is 6.03 Å². The van der Waals surface area contributed by atoms with E-state index in [0.717, 1.165) is 25.7 Å². The van der Waals surface area contributed by atoms with Gasteiger partial charge in [-0.3, -0.25) is 0 Å². The van der Waals surface area contributed by atoms with Gasteiger partial charge in [0.25, 0.3) is 0 Å². The van der Waals surface area contributed by atoms with Gasteiger partial charge in [-0.05, 0) is 12.8 Å². The minimum absolute atomic E-state index is 0.133. The first-order valence-corrected chi connectivity index (χ1v) is 8.47. The Morgan fingerprint density at radius 1 is 1.43 bits per heavy atom. The number of hydrogen-bond acceptors (Lipinski definition) is 5. The lowest BCUT2D eigenvalue weighted by molar-refractivity contribution is 0.0565. The van der Waals surface area contributed by atoms with Crippen LogP contribution in [0.4, 0.5) is 4.79 Å². The molecular weight excluding hydrogens is 296 g/mol. The zero-order valence-electron chi connectivity index (χ0n) is 14.3. The lowest BCUT2D eigenvalue weighted by Crippen LogP contribution is -2.43. The van der Waals surface area contributed by atoms with Gasteiger partial charge in [-0.2, -0.15) is 4.98 Å². The molecule has 1 aromatic heterocycles. The highest BCUT2D eigenvalue weighted by Crippen LogP contribution is 2.24. The average molecular weight is 324 g/mol. The van der Waals surface area contributed by atoms with Crippen LogP contribution in [0.25, 0.3) is 0 Å². The van der Waals surface area contributed by atoms with Crippen molar-refractivity contribution < 1.29 is 14.4 Å².